The van der Waals surface area contributed by atoms with Gasteiger partial charge >= 0.3 is 12.1 Å². The fourth-order valence-electron chi connectivity index (χ4n) is 2.81. The van der Waals surface area contributed by atoms with E-state index >= 15 is 0 Å². The van der Waals surface area contributed by atoms with Gasteiger partial charge in [-0.25, -0.2) is 9.59 Å². The maximum absolute atomic E-state index is 12.3. The van der Waals surface area contributed by atoms with E-state index in [1.54, 1.807) is 25.1 Å². The van der Waals surface area contributed by atoms with E-state index in [1.807, 2.05) is 30.3 Å². The first-order valence-electron chi connectivity index (χ1n) is 9.51. The number of esters is 1. The number of ether oxygens (including phenoxy) is 4. The van der Waals surface area contributed by atoms with Crippen LogP contribution in [0.3, 0.4) is 0 Å². The van der Waals surface area contributed by atoms with E-state index in [0.29, 0.717) is 17.1 Å². The summed E-state index contributed by atoms with van der Waals surface area (Å²) in [4.78, 5) is 24.3. The Hall–Kier alpha value is -3.26. The highest BCUT2D eigenvalue weighted by Gasteiger charge is 2.30. The van der Waals surface area contributed by atoms with Gasteiger partial charge < -0.3 is 29.4 Å². The molecule has 0 fully saturated rings. The molecule has 0 radical (unpaired) electrons. The number of nitrogens with one attached hydrogen (secondary N) is 1. The van der Waals surface area contributed by atoms with Crippen molar-refractivity contribution < 1.29 is 33.6 Å². The van der Waals surface area contributed by atoms with Gasteiger partial charge in [-0.3, -0.25) is 0 Å². The molecule has 0 unspecified atom stereocenters. The SMILES string of the molecule is CCOC(=O)[C@@H](O)[C@H](Cc1ccc(OC)c(OC)c1)NC(=O)OCc1ccccc1. The summed E-state index contributed by atoms with van der Waals surface area (Å²) < 4.78 is 20.6. The van der Waals surface area contributed by atoms with Crippen LogP contribution >= 0.6 is 0 Å². The Balaban J connectivity index is 2.11. The lowest BCUT2D eigenvalue weighted by Crippen LogP contribution is -2.49. The van der Waals surface area contributed by atoms with E-state index in [4.69, 9.17) is 18.9 Å². The van der Waals surface area contributed by atoms with E-state index in [-0.39, 0.29) is 19.6 Å². The predicted molar refractivity (Wildman–Crippen MR) is 109 cm³/mol. The molecule has 0 bridgehead atoms. The molecule has 2 N–H and O–H groups in total. The van der Waals surface area contributed by atoms with Gasteiger partial charge in [0.05, 0.1) is 26.9 Å². The summed E-state index contributed by atoms with van der Waals surface area (Å²) in [6.07, 6.45) is -2.18. The second-order valence-electron chi connectivity index (χ2n) is 6.40. The minimum Gasteiger partial charge on any atom is -0.493 e. The van der Waals surface area contributed by atoms with Gasteiger partial charge in [0.1, 0.15) is 6.61 Å². The Morgan fingerprint density at radius 1 is 0.967 bits per heavy atom. The molecule has 2 aromatic carbocycles. The standard InChI is InChI=1S/C22H27NO7/c1-4-29-21(25)20(24)17(12-16-10-11-18(27-2)19(13-16)28-3)23-22(26)30-14-15-8-6-5-7-9-15/h5-11,13,17,20,24H,4,12,14H2,1-3H3,(H,23,26)/t17-,20-/m0/s1. The second-order valence-corrected chi connectivity index (χ2v) is 6.40. The van der Waals surface area contributed by atoms with E-state index in [2.05, 4.69) is 5.32 Å². The van der Waals surface area contributed by atoms with Gasteiger partial charge in [-0.05, 0) is 36.6 Å². The van der Waals surface area contributed by atoms with Gasteiger partial charge in [0, 0.05) is 0 Å². The fourth-order valence-corrected chi connectivity index (χ4v) is 2.81. The molecule has 0 aliphatic carbocycles. The van der Waals surface area contributed by atoms with Gasteiger partial charge in [-0.15, -0.1) is 0 Å². The number of amides is 1. The topological polar surface area (TPSA) is 103 Å². The van der Waals surface area contributed by atoms with Crippen LogP contribution in [0.15, 0.2) is 48.5 Å². The van der Waals surface area contributed by atoms with E-state index < -0.39 is 24.2 Å². The molecule has 0 saturated heterocycles. The number of hydrogen-bond acceptors (Lipinski definition) is 7. The summed E-state index contributed by atoms with van der Waals surface area (Å²) in [5.74, 6) is 0.205. The largest absolute Gasteiger partial charge is 0.493 e. The van der Waals surface area contributed by atoms with Crippen LogP contribution in [0.25, 0.3) is 0 Å². The van der Waals surface area contributed by atoms with Crippen molar-refractivity contribution in [3.63, 3.8) is 0 Å². The summed E-state index contributed by atoms with van der Waals surface area (Å²) in [5, 5.41) is 13.0. The zero-order valence-corrected chi connectivity index (χ0v) is 17.3. The highest BCUT2D eigenvalue weighted by atomic mass is 16.6. The molecule has 162 valence electrons. The quantitative estimate of drug-likeness (QED) is 0.573. The molecule has 0 heterocycles. The molecule has 0 aliphatic rings. The third kappa shape index (κ3) is 6.66. The molecule has 1 amide bonds. The number of carbonyl (C=O) groups is 2. The average Bonchev–Trinajstić information content (AvgIpc) is 2.77. The van der Waals surface area contributed by atoms with Crippen LogP contribution in [-0.2, 0) is 27.3 Å². The summed E-state index contributed by atoms with van der Waals surface area (Å²) in [5.41, 5.74) is 1.53. The van der Waals surface area contributed by atoms with Crippen LogP contribution in [0, 0.1) is 0 Å². The first kappa shape index (κ1) is 23.0. The molecule has 8 nitrogen and oxygen atoms in total. The average molecular weight is 417 g/mol. The van der Waals surface area contributed by atoms with Crippen LogP contribution in [0.1, 0.15) is 18.1 Å². The minimum atomic E-state index is -1.57. The van der Waals surface area contributed by atoms with Crippen molar-refractivity contribution in [2.75, 3.05) is 20.8 Å². The summed E-state index contributed by atoms with van der Waals surface area (Å²) in [7, 11) is 3.03. The zero-order valence-electron chi connectivity index (χ0n) is 17.3. The number of rotatable bonds is 10. The molecule has 0 aromatic heterocycles. The van der Waals surface area contributed by atoms with Gasteiger partial charge in [0.25, 0.3) is 0 Å². The minimum absolute atomic E-state index is 0.0608. The monoisotopic (exact) mass is 417 g/mol. The van der Waals surface area contributed by atoms with Crippen LogP contribution in [-0.4, -0.2) is 50.1 Å². The fraction of sp³-hybridized carbons (Fsp3) is 0.364. The lowest BCUT2D eigenvalue weighted by Gasteiger charge is -2.23. The van der Waals surface area contributed by atoms with Crippen molar-refractivity contribution in [3.8, 4) is 11.5 Å². The number of alkyl carbamates (subject to hydrolysis) is 1. The number of hydrogen-bond donors (Lipinski definition) is 2. The summed E-state index contributed by atoms with van der Waals surface area (Å²) in [6, 6.07) is 13.4. The molecule has 0 aliphatic heterocycles. The molecule has 2 aromatic rings. The lowest BCUT2D eigenvalue weighted by atomic mass is 10.0. The molecule has 0 spiro atoms. The Kier molecular flexibility index (Phi) is 8.96. The number of benzene rings is 2. The Labute approximate surface area is 175 Å². The van der Waals surface area contributed by atoms with Crippen LogP contribution in [0.5, 0.6) is 11.5 Å². The van der Waals surface area contributed by atoms with Crippen molar-refractivity contribution in [3.05, 3.63) is 59.7 Å². The first-order valence-corrected chi connectivity index (χ1v) is 9.51. The zero-order chi connectivity index (χ0) is 21.9. The highest BCUT2D eigenvalue weighted by Crippen LogP contribution is 2.28. The van der Waals surface area contributed by atoms with Crippen LogP contribution in [0.4, 0.5) is 4.79 Å². The maximum Gasteiger partial charge on any atom is 0.407 e. The van der Waals surface area contributed by atoms with Crippen molar-refractivity contribution in [1.29, 1.82) is 0 Å². The number of aliphatic hydroxyl groups is 1. The smallest absolute Gasteiger partial charge is 0.407 e. The van der Waals surface area contributed by atoms with Gasteiger partial charge in [-0.1, -0.05) is 36.4 Å². The van der Waals surface area contributed by atoms with Gasteiger partial charge in [0.15, 0.2) is 17.6 Å². The number of methoxy groups -OCH3 is 2. The third-order valence-corrected chi connectivity index (χ3v) is 4.33. The number of aliphatic hydroxyl groups excluding tert-OH is 1. The van der Waals surface area contributed by atoms with E-state index in [0.717, 1.165) is 5.56 Å². The number of carbonyl (C=O) groups excluding carboxylic acids is 2. The first-order chi connectivity index (χ1) is 14.5. The normalized spacial score (nSPS) is 12.4. The molecular formula is C22H27NO7. The Morgan fingerprint density at radius 3 is 2.30 bits per heavy atom. The van der Waals surface area contributed by atoms with Crippen molar-refractivity contribution in [1.82, 2.24) is 5.32 Å². The molecule has 0 saturated carbocycles. The third-order valence-electron chi connectivity index (χ3n) is 4.33. The summed E-state index contributed by atoms with van der Waals surface area (Å²) >= 11 is 0. The van der Waals surface area contributed by atoms with E-state index in [1.165, 1.54) is 14.2 Å². The highest BCUT2D eigenvalue weighted by molar-refractivity contribution is 5.77. The molecule has 2 atom stereocenters. The maximum atomic E-state index is 12.3. The predicted octanol–water partition coefficient (Wildman–Crippen LogP) is 2.47. The molecule has 2 rings (SSSR count). The molecular weight excluding hydrogens is 390 g/mol. The van der Waals surface area contributed by atoms with Gasteiger partial charge in [-0.2, -0.15) is 0 Å². The van der Waals surface area contributed by atoms with E-state index in [9.17, 15) is 14.7 Å². The Bertz CT molecular complexity index is 825. The van der Waals surface area contributed by atoms with Crippen LogP contribution < -0.4 is 14.8 Å². The molecule has 8 heteroatoms. The van der Waals surface area contributed by atoms with Gasteiger partial charge in [0.2, 0.25) is 0 Å². The van der Waals surface area contributed by atoms with Crippen molar-refractivity contribution >= 4 is 12.1 Å². The van der Waals surface area contributed by atoms with Crippen molar-refractivity contribution in [2.24, 2.45) is 0 Å². The Morgan fingerprint density at radius 2 is 1.67 bits per heavy atom. The van der Waals surface area contributed by atoms with Crippen molar-refractivity contribution in [2.45, 2.75) is 32.1 Å². The van der Waals surface area contributed by atoms with Crippen LogP contribution in [0.2, 0.25) is 0 Å². The second kappa shape index (κ2) is 11.7. The summed E-state index contributed by atoms with van der Waals surface area (Å²) in [6.45, 7) is 1.80. The molecule has 30 heavy (non-hydrogen) atoms. The lowest BCUT2D eigenvalue weighted by molar-refractivity contribution is -0.154.